The molecule has 33 heavy (non-hydrogen) atoms. The molecule has 4 rings (SSSR count). The summed E-state index contributed by atoms with van der Waals surface area (Å²) in [6.07, 6.45) is 1.11. The zero-order valence-electron chi connectivity index (χ0n) is 17.5. The molecule has 7 nitrogen and oxygen atoms in total. The van der Waals surface area contributed by atoms with E-state index in [2.05, 4.69) is 5.32 Å². The van der Waals surface area contributed by atoms with E-state index in [1.807, 2.05) is 0 Å². The molecule has 0 saturated heterocycles. The van der Waals surface area contributed by atoms with E-state index in [0.717, 1.165) is 21.8 Å². The molecule has 1 N–H and O–H groups in total. The maximum Gasteiger partial charge on any atom is 0.270 e. The number of allylic oxidation sites excluding steroid dienone is 1. The van der Waals surface area contributed by atoms with Crippen LogP contribution >= 0.6 is 22.9 Å². The highest BCUT2D eigenvalue weighted by molar-refractivity contribution is 7.97. The number of carbonyl (C=O) groups excluding carboxylic acids is 1. The summed E-state index contributed by atoms with van der Waals surface area (Å²) >= 11 is 7.31. The van der Waals surface area contributed by atoms with Gasteiger partial charge in [0.2, 0.25) is 5.78 Å². The van der Waals surface area contributed by atoms with Gasteiger partial charge in [0.25, 0.3) is 10.0 Å². The summed E-state index contributed by atoms with van der Waals surface area (Å²) in [5.41, 5.74) is 1.05. The Kier molecular flexibility index (Phi) is 6.33. The number of nitrogens with zero attached hydrogens (tertiary/aromatic N) is 1. The first-order valence-electron chi connectivity index (χ1n) is 9.54. The smallest absolute Gasteiger partial charge is 0.270 e. The number of halogens is 2. The molecule has 0 saturated carbocycles. The lowest BCUT2D eigenvalue weighted by molar-refractivity contribution is 0.104. The molecule has 1 aliphatic rings. The highest BCUT2D eigenvalue weighted by atomic mass is 35.5. The first-order chi connectivity index (χ1) is 15.8. The van der Waals surface area contributed by atoms with Gasteiger partial charge in [-0.05, 0) is 35.2 Å². The summed E-state index contributed by atoms with van der Waals surface area (Å²) in [7, 11) is -1.37. The molecule has 172 valence electrons. The Morgan fingerprint density at radius 1 is 1.15 bits per heavy atom. The van der Waals surface area contributed by atoms with Gasteiger partial charge in [-0.25, -0.2) is 12.8 Å². The number of nitrogens with one attached hydrogen (secondary N) is 1. The monoisotopic (exact) mass is 508 g/mol. The highest BCUT2D eigenvalue weighted by Gasteiger charge is 2.41. The molecule has 2 aromatic carbocycles. The van der Waals surface area contributed by atoms with E-state index in [1.165, 1.54) is 44.6 Å². The average molecular weight is 509 g/mol. The van der Waals surface area contributed by atoms with Gasteiger partial charge in [0.05, 0.1) is 37.2 Å². The van der Waals surface area contributed by atoms with Gasteiger partial charge in [0.15, 0.2) is 4.91 Å². The fraction of sp³-hybridized carbons (Fsp3) is 0.136. The zero-order chi connectivity index (χ0) is 23.8. The van der Waals surface area contributed by atoms with Gasteiger partial charge >= 0.3 is 0 Å². The van der Waals surface area contributed by atoms with Crippen LogP contribution < -0.4 is 19.1 Å². The van der Waals surface area contributed by atoms with Gasteiger partial charge in [0, 0.05) is 12.3 Å². The van der Waals surface area contributed by atoms with Crippen molar-refractivity contribution in [3.8, 4) is 11.5 Å². The quantitative estimate of drug-likeness (QED) is 0.469. The van der Waals surface area contributed by atoms with Crippen LogP contribution in [0.3, 0.4) is 0 Å². The van der Waals surface area contributed by atoms with E-state index in [-0.39, 0.29) is 22.1 Å². The van der Waals surface area contributed by atoms with Crippen LogP contribution in [0.2, 0.25) is 5.02 Å². The van der Waals surface area contributed by atoms with Crippen LogP contribution in [-0.4, -0.2) is 28.4 Å². The van der Waals surface area contributed by atoms with Crippen molar-refractivity contribution in [2.75, 3.05) is 23.8 Å². The van der Waals surface area contributed by atoms with Gasteiger partial charge in [-0.3, -0.25) is 9.10 Å². The van der Waals surface area contributed by atoms with Crippen molar-refractivity contribution in [1.29, 1.82) is 0 Å². The largest absolute Gasteiger partial charge is 0.495 e. The molecule has 0 spiro atoms. The lowest BCUT2D eigenvalue weighted by atomic mass is 10.2. The van der Waals surface area contributed by atoms with Crippen LogP contribution in [0, 0.1) is 5.82 Å². The molecular formula is C22H18ClFN2O5S2. The Bertz CT molecular complexity index is 1370. The second-order valence-electron chi connectivity index (χ2n) is 6.95. The second kappa shape index (κ2) is 9.05. The molecular weight excluding hydrogens is 491 g/mol. The predicted molar refractivity (Wildman–Crippen MR) is 126 cm³/mol. The molecule has 3 aromatic rings. The van der Waals surface area contributed by atoms with E-state index in [4.69, 9.17) is 21.1 Å². The Balaban J connectivity index is 1.76. The molecule has 0 aliphatic carbocycles. The van der Waals surface area contributed by atoms with Crippen molar-refractivity contribution in [3.63, 3.8) is 0 Å². The number of fused-ring (bicyclic) bond motifs is 1. The van der Waals surface area contributed by atoms with Crippen LogP contribution in [0.4, 0.5) is 15.8 Å². The predicted octanol–water partition coefficient (Wildman–Crippen LogP) is 5.04. The van der Waals surface area contributed by atoms with Gasteiger partial charge in [-0.2, -0.15) is 0 Å². The molecule has 1 aliphatic heterocycles. The van der Waals surface area contributed by atoms with Crippen molar-refractivity contribution in [1.82, 2.24) is 0 Å². The lowest BCUT2D eigenvalue weighted by Crippen LogP contribution is -2.38. The highest BCUT2D eigenvalue weighted by Crippen LogP contribution is 2.40. The number of rotatable bonds is 6. The Hall–Kier alpha value is -3.08. The van der Waals surface area contributed by atoms with E-state index >= 15 is 0 Å². The number of methoxy groups -OCH3 is 2. The zero-order valence-corrected chi connectivity index (χ0v) is 19.9. The molecule has 11 heteroatoms. The van der Waals surface area contributed by atoms with E-state index in [9.17, 15) is 17.6 Å². The molecule has 0 unspecified atom stereocenters. The third kappa shape index (κ3) is 4.29. The van der Waals surface area contributed by atoms with Crippen molar-refractivity contribution < 1.29 is 27.1 Å². The molecule has 1 aromatic heterocycles. The summed E-state index contributed by atoms with van der Waals surface area (Å²) < 4.78 is 52.1. The minimum Gasteiger partial charge on any atom is -0.495 e. The number of thiophene rings is 1. The third-order valence-corrected chi connectivity index (χ3v) is 7.92. The first kappa shape index (κ1) is 23.1. The number of Topliss-reactive ketones (excluding diaryl/α,β-unsaturated/α-hetero) is 1. The van der Waals surface area contributed by atoms with E-state index < -0.39 is 26.5 Å². The number of hydrogen-bond donors (Lipinski definition) is 1. The molecule has 0 atom stereocenters. The number of anilines is 2. The van der Waals surface area contributed by atoms with Crippen molar-refractivity contribution in [2.45, 2.75) is 6.54 Å². The van der Waals surface area contributed by atoms with E-state index in [0.29, 0.717) is 22.7 Å². The molecule has 0 amide bonds. The number of ether oxygens (including phenoxy) is 2. The van der Waals surface area contributed by atoms with Gasteiger partial charge in [-0.15, -0.1) is 11.3 Å². The summed E-state index contributed by atoms with van der Waals surface area (Å²) in [5.74, 6) is -0.411. The minimum absolute atomic E-state index is 0.133. The standard InChI is InChI=1S/C22H18ClFN2O5S2/c1-30-18-10-19(31-2)16(9-15(18)23)25-11-20-21(27)22-17(6-7-32-22)26(33(20,28)29)12-13-4-3-5-14(24)8-13/h3-11,25H,12H2,1-2H3/b20-11-. The summed E-state index contributed by atoms with van der Waals surface area (Å²) in [6.45, 7) is -0.133. The number of hydrogen-bond acceptors (Lipinski definition) is 7. The second-order valence-corrected chi connectivity index (χ2v) is 10.1. The SMILES string of the molecule is COc1cc(OC)c(N/C=C2/C(=O)c3sccc3N(Cc3cccc(F)c3)S2(=O)=O)cc1Cl. The third-order valence-electron chi connectivity index (χ3n) is 4.96. The van der Waals surface area contributed by atoms with Gasteiger partial charge in [0.1, 0.15) is 22.2 Å². The molecule has 2 heterocycles. The number of carbonyl (C=O) groups is 1. The maximum absolute atomic E-state index is 13.7. The van der Waals surface area contributed by atoms with Gasteiger partial charge in [-0.1, -0.05) is 23.7 Å². The van der Waals surface area contributed by atoms with Crippen molar-refractivity contribution in [2.24, 2.45) is 0 Å². The van der Waals surface area contributed by atoms with Crippen molar-refractivity contribution in [3.05, 3.63) is 80.2 Å². The molecule has 0 bridgehead atoms. The maximum atomic E-state index is 13.7. The molecule has 0 radical (unpaired) electrons. The Labute approximate surface area is 199 Å². The van der Waals surface area contributed by atoms with Crippen LogP contribution in [-0.2, 0) is 16.6 Å². The number of sulfonamides is 1. The molecule has 0 fully saturated rings. The van der Waals surface area contributed by atoms with E-state index in [1.54, 1.807) is 17.5 Å². The summed E-state index contributed by atoms with van der Waals surface area (Å²) in [6, 6.07) is 10.2. The Morgan fingerprint density at radius 2 is 1.91 bits per heavy atom. The topological polar surface area (TPSA) is 84.9 Å². The number of benzene rings is 2. The van der Waals surface area contributed by atoms with Crippen LogP contribution in [0.1, 0.15) is 15.2 Å². The fourth-order valence-corrected chi connectivity index (χ4v) is 6.10. The minimum atomic E-state index is -4.25. The summed E-state index contributed by atoms with van der Waals surface area (Å²) in [5, 5.41) is 4.73. The van der Waals surface area contributed by atoms with Crippen molar-refractivity contribution >= 4 is 50.1 Å². The fourth-order valence-electron chi connectivity index (χ4n) is 3.37. The van der Waals surface area contributed by atoms with Crippen LogP contribution in [0.5, 0.6) is 11.5 Å². The normalized spacial score (nSPS) is 15.9. The van der Waals surface area contributed by atoms with Crippen LogP contribution in [0.25, 0.3) is 0 Å². The lowest BCUT2D eigenvalue weighted by Gasteiger charge is -2.29. The summed E-state index contributed by atoms with van der Waals surface area (Å²) in [4.78, 5) is 12.9. The van der Waals surface area contributed by atoms with Crippen LogP contribution in [0.15, 0.2) is 58.9 Å². The van der Waals surface area contributed by atoms with Gasteiger partial charge < -0.3 is 14.8 Å². The average Bonchev–Trinajstić information content (AvgIpc) is 3.26. The first-order valence-corrected chi connectivity index (χ1v) is 12.2. The Morgan fingerprint density at radius 3 is 2.61 bits per heavy atom. The number of ketones is 1.